The average Bonchev–Trinajstić information content (AvgIpc) is 1.65. The maximum absolute atomic E-state index is 3.74. The Bertz CT molecular complexity index is 48.1. The van der Waals surface area contributed by atoms with Crippen molar-refractivity contribution in [1.29, 1.82) is 0 Å². The Morgan fingerprint density at radius 3 is 2.50 bits per heavy atom. The van der Waals surface area contributed by atoms with Crippen molar-refractivity contribution in [3.63, 3.8) is 0 Å². The van der Waals surface area contributed by atoms with Gasteiger partial charge in [-0.25, -0.2) is 0 Å². The number of halogens is 1. The van der Waals surface area contributed by atoms with E-state index in [1.165, 1.54) is 0 Å². The van der Waals surface area contributed by atoms with Crippen LogP contribution in [0, 0.1) is 0 Å². The Kier molecular flexibility index (Phi) is 3.93. The Morgan fingerprint density at radius 1 is 2.00 bits per heavy atom. The summed E-state index contributed by atoms with van der Waals surface area (Å²) in [6, 6.07) is 0. The van der Waals surface area contributed by atoms with Crippen LogP contribution in [0.4, 0.5) is 0 Å². The summed E-state index contributed by atoms with van der Waals surface area (Å²) in [5.41, 5.74) is 0. The van der Waals surface area contributed by atoms with Crippen molar-refractivity contribution < 1.29 is 0 Å². The summed E-state index contributed by atoms with van der Waals surface area (Å²) in [6.07, 6.45) is 1.09. The van der Waals surface area contributed by atoms with E-state index in [9.17, 15) is 0 Å². The number of hydrogen-bond acceptors (Lipinski definition) is 1. The molecule has 0 aromatic carbocycles. The molecule has 0 aromatic rings. The molecule has 0 spiro atoms. The molecule has 0 N–H and O–H groups in total. The Balaban J connectivity index is 2.96. The molecule has 0 aliphatic heterocycles. The first-order valence-corrected chi connectivity index (χ1v) is 3.15. The normalized spacial score (nSPS) is 7.67. The lowest BCUT2D eigenvalue weighted by Crippen LogP contribution is -1.91. The largest absolute Gasteiger partial charge is 0.346 e. The molecule has 1 nitrogen and oxygen atoms in total. The van der Waals surface area contributed by atoms with Gasteiger partial charge in [0.2, 0.25) is 0 Å². The Labute approximate surface area is 52.2 Å². The summed E-state index contributed by atoms with van der Waals surface area (Å²) >= 11 is 2.24. The molecule has 6 heavy (non-hydrogen) atoms. The molecule has 0 rings (SSSR count). The molecule has 0 aliphatic carbocycles. The highest BCUT2D eigenvalue weighted by molar-refractivity contribution is 14.1. The van der Waals surface area contributed by atoms with E-state index in [0.29, 0.717) is 4.70 Å². The van der Waals surface area contributed by atoms with Crippen LogP contribution in [0.2, 0.25) is 6.32 Å². The maximum atomic E-state index is 3.74. The second kappa shape index (κ2) is 3.65. The van der Waals surface area contributed by atoms with Gasteiger partial charge in [-0.1, -0.05) is 6.92 Å². The molecule has 0 aromatic heterocycles. The van der Waals surface area contributed by atoms with Gasteiger partial charge in [0.05, 0.1) is 0 Å². The molecular weight excluding hydrogens is 188 g/mol. The van der Waals surface area contributed by atoms with Gasteiger partial charge in [0, 0.05) is 0 Å². The zero-order valence-electron chi connectivity index (χ0n) is 3.82. The van der Waals surface area contributed by atoms with Crippen LogP contribution in [0.3, 0.4) is 0 Å². The lowest BCUT2D eigenvalue weighted by Gasteiger charge is -1.85. The highest BCUT2D eigenvalue weighted by atomic mass is 127. The summed E-state index contributed by atoms with van der Waals surface area (Å²) in [5.74, 6) is 0. The molecular formula is C3H7BIN. The first-order valence-electron chi connectivity index (χ1n) is 1.91. The van der Waals surface area contributed by atoms with Gasteiger partial charge < -0.3 is 4.90 Å². The monoisotopic (exact) mass is 195 g/mol. The summed E-state index contributed by atoms with van der Waals surface area (Å²) in [5, 5.41) is 0. The first kappa shape index (κ1) is 6.46. The summed E-state index contributed by atoms with van der Waals surface area (Å²) in [6.45, 7) is 5.46. The van der Waals surface area contributed by atoms with Gasteiger partial charge in [0.25, 0.3) is 0 Å². The summed E-state index contributed by atoms with van der Waals surface area (Å²) < 4.78 is 0.419. The lowest BCUT2D eigenvalue weighted by atomic mass is 9.92. The number of rotatable bonds is 2. The zero-order chi connectivity index (χ0) is 4.99. The van der Waals surface area contributed by atoms with Crippen molar-refractivity contribution in [2.75, 3.05) is 0 Å². The van der Waals surface area contributed by atoms with Crippen LogP contribution in [0.5, 0.6) is 0 Å². The van der Waals surface area contributed by atoms with E-state index in [1.807, 2.05) is 0 Å². The van der Waals surface area contributed by atoms with Gasteiger partial charge in [0.15, 0.2) is 0 Å². The number of nitrogens with zero attached hydrogens (tertiary/aromatic N) is 1. The van der Waals surface area contributed by atoms with Crippen LogP contribution in [0.25, 0.3) is 0 Å². The Hall–Kier alpha value is 0.465. The van der Waals surface area contributed by atoms with Crippen molar-refractivity contribution in [2.45, 2.75) is 13.2 Å². The second-order valence-electron chi connectivity index (χ2n) is 1.03. The van der Waals surface area contributed by atoms with Crippen molar-refractivity contribution in [1.82, 2.24) is 0 Å². The predicted octanol–water partition coefficient (Wildman–Crippen LogP) is 1.63. The third-order valence-electron chi connectivity index (χ3n) is 0.535. The van der Waals surface area contributed by atoms with Crippen LogP contribution in [0.1, 0.15) is 6.92 Å². The quantitative estimate of drug-likeness (QED) is 0.360. The molecule has 0 heterocycles. The maximum Gasteiger partial charge on any atom is 0.346 e. The highest BCUT2D eigenvalue weighted by Gasteiger charge is 1.97. The minimum absolute atomic E-state index is 0.419. The van der Waals surface area contributed by atoms with Gasteiger partial charge in [-0.05, 0) is 13.0 Å². The van der Waals surface area contributed by atoms with Gasteiger partial charge in [0.1, 0.15) is 0 Å². The van der Waals surface area contributed by atoms with Crippen LogP contribution >= 0.6 is 22.4 Å². The lowest BCUT2D eigenvalue weighted by molar-refractivity contribution is 1.43. The average molecular weight is 195 g/mol. The topological polar surface area (TPSA) is 12.4 Å². The Morgan fingerprint density at radius 2 is 2.50 bits per heavy atom. The van der Waals surface area contributed by atoms with Crippen LogP contribution in [0.15, 0.2) is 4.90 Å². The van der Waals surface area contributed by atoms with Crippen LogP contribution < -0.4 is 0 Å². The van der Waals surface area contributed by atoms with E-state index in [1.54, 1.807) is 0 Å². The third kappa shape index (κ3) is 2.69. The van der Waals surface area contributed by atoms with E-state index in [-0.39, 0.29) is 0 Å². The molecule has 0 atom stereocenters. The molecule has 0 radical (unpaired) electrons. The van der Waals surface area contributed by atoms with Crippen molar-refractivity contribution in [3.05, 3.63) is 0 Å². The minimum Gasteiger partial charge on any atom is -0.342 e. The fourth-order valence-electron chi connectivity index (χ4n) is 0.129. The SMILES string of the molecule is C=NB(I)CC. The van der Waals surface area contributed by atoms with Gasteiger partial charge in [-0.3, -0.25) is 0 Å². The van der Waals surface area contributed by atoms with E-state index < -0.39 is 0 Å². The highest BCUT2D eigenvalue weighted by Crippen LogP contribution is 1.98. The molecule has 0 bridgehead atoms. The fourth-order valence-corrected chi connectivity index (χ4v) is 0.129. The molecule has 3 heteroatoms. The summed E-state index contributed by atoms with van der Waals surface area (Å²) in [7, 11) is 0. The third-order valence-corrected chi connectivity index (χ3v) is 1.81. The van der Waals surface area contributed by atoms with Crippen LogP contribution in [-0.4, -0.2) is 11.4 Å². The minimum atomic E-state index is 0.419. The van der Waals surface area contributed by atoms with Crippen molar-refractivity contribution in [3.8, 4) is 0 Å². The zero-order valence-corrected chi connectivity index (χ0v) is 5.97. The van der Waals surface area contributed by atoms with E-state index in [4.69, 9.17) is 0 Å². The molecule has 0 saturated heterocycles. The standard InChI is InChI=1S/C3H7BIN/c1-3-4(5)6-2/h2-3H2,1H3. The predicted molar refractivity (Wildman–Crippen MR) is 39.8 cm³/mol. The van der Waals surface area contributed by atoms with Gasteiger partial charge >= 0.3 is 4.70 Å². The van der Waals surface area contributed by atoms with Gasteiger partial charge in [-0.2, -0.15) is 0 Å². The second-order valence-corrected chi connectivity index (χ2v) is 2.46. The molecule has 34 valence electrons. The summed E-state index contributed by atoms with van der Waals surface area (Å²) in [4.78, 5) is 3.74. The fraction of sp³-hybridized carbons (Fsp3) is 0.667. The van der Waals surface area contributed by atoms with Crippen molar-refractivity contribution in [2.24, 2.45) is 4.90 Å². The number of hydrogen-bond donors (Lipinski definition) is 0. The molecule has 0 unspecified atom stereocenters. The van der Waals surface area contributed by atoms with E-state index in [0.717, 1.165) is 6.32 Å². The van der Waals surface area contributed by atoms with E-state index >= 15 is 0 Å². The smallest absolute Gasteiger partial charge is 0.342 e. The van der Waals surface area contributed by atoms with E-state index in [2.05, 4.69) is 40.9 Å². The molecule has 0 saturated carbocycles. The van der Waals surface area contributed by atoms with Crippen molar-refractivity contribution >= 4 is 33.8 Å². The first-order chi connectivity index (χ1) is 2.81. The molecule has 0 amide bonds. The van der Waals surface area contributed by atoms with Gasteiger partial charge in [-0.15, -0.1) is 22.4 Å². The molecule has 0 aliphatic rings. The van der Waals surface area contributed by atoms with Crippen LogP contribution in [-0.2, 0) is 0 Å². The molecule has 0 fully saturated rings.